The summed E-state index contributed by atoms with van der Waals surface area (Å²) >= 11 is 0. The van der Waals surface area contributed by atoms with Crippen molar-refractivity contribution in [2.24, 2.45) is 5.92 Å². The van der Waals surface area contributed by atoms with E-state index in [0.29, 0.717) is 55.4 Å². The maximum atomic E-state index is 14.7. The van der Waals surface area contributed by atoms with E-state index in [9.17, 15) is 37.1 Å². The monoisotopic (exact) mass is 697 g/mol. The van der Waals surface area contributed by atoms with E-state index in [2.05, 4.69) is 20.3 Å². The third kappa shape index (κ3) is 6.21. The van der Waals surface area contributed by atoms with Crippen molar-refractivity contribution in [1.82, 2.24) is 25.2 Å². The van der Waals surface area contributed by atoms with E-state index >= 15 is 0 Å². The average Bonchev–Trinajstić information content (AvgIpc) is 3.98. The number of amides is 4. The summed E-state index contributed by atoms with van der Waals surface area (Å²) in [5, 5.41) is 14.8. The van der Waals surface area contributed by atoms with Gasteiger partial charge in [0, 0.05) is 23.3 Å². The van der Waals surface area contributed by atoms with Gasteiger partial charge in [-0.05, 0) is 64.4 Å². The predicted octanol–water partition coefficient (Wildman–Crippen LogP) is 2.99. The van der Waals surface area contributed by atoms with Gasteiger partial charge in [-0.1, -0.05) is 37.1 Å². The molecule has 7 rings (SSSR count). The Kier molecular flexibility index (Phi) is 8.31. The van der Waals surface area contributed by atoms with Crippen molar-refractivity contribution in [2.75, 3.05) is 6.54 Å². The molecule has 15 heteroatoms. The molecule has 1 aromatic carbocycles. The first-order chi connectivity index (χ1) is 23.3. The number of aryl methyl sites for hydroxylation is 2. The van der Waals surface area contributed by atoms with Gasteiger partial charge in [-0.15, -0.1) is 0 Å². The Balaban J connectivity index is 1.23. The van der Waals surface area contributed by atoms with Crippen LogP contribution in [0.3, 0.4) is 0 Å². The second kappa shape index (κ2) is 12.3. The number of allylic oxidation sites excluding steroid dienone is 1. The largest absolute Gasteiger partial charge is 0.483 e. The lowest BCUT2D eigenvalue weighted by Gasteiger charge is -2.36. The number of fused-ring (bicyclic) bond motifs is 5. The van der Waals surface area contributed by atoms with E-state index in [1.54, 1.807) is 19.1 Å². The van der Waals surface area contributed by atoms with Crippen molar-refractivity contribution in [1.29, 1.82) is 0 Å². The van der Waals surface area contributed by atoms with E-state index in [4.69, 9.17) is 4.74 Å². The Morgan fingerprint density at radius 1 is 1.14 bits per heavy atom. The first-order valence-electron chi connectivity index (χ1n) is 16.9. The Labute approximate surface area is 283 Å². The molecular formula is C34H40FN5O8S. The summed E-state index contributed by atoms with van der Waals surface area (Å²) in [6.45, 7) is 1.67. The lowest BCUT2D eigenvalue weighted by atomic mass is 9.87. The van der Waals surface area contributed by atoms with E-state index in [0.717, 1.165) is 18.4 Å². The fourth-order valence-corrected chi connectivity index (χ4v) is 9.09. The highest BCUT2D eigenvalue weighted by molar-refractivity contribution is 7.91. The molecule has 0 radical (unpaired) electrons. The van der Waals surface area contributed by atoms with Crippen LogP contribution in [0.25, 0.3) is 10.9 Å². The van der Waals surface area contributed by atoms with Crippen LogP contribution in [-0.2, 0) is 30.8 Å². The molecule has 2 aliphatic carbocycles. The lowest BCUT2D eigenvalue weighted by molar-refractivity contribution is -0.141. The number of ether oxygens (including phenoxy) is 1. The lowest BCUT2D eigenvalue weighted by Crippen LogP contribution is -2.58. The summed E-state index contributed by atoms with van der Waals surface area (Å²) in [4.78, 5) is 59.8. The normalized spacial score (nSPS) is 30.9. The van der Waals surface area contributed by atoms with Crippen molar-refractivity contribution in [3.8, 4) is 5.75 Å². The van der Waals surface area contributed by atoms with Gasteiger partial charge in [-0.25, -0.2) is 22.6 Å². The average molecular weight is 698 g/mol. The molecule has 3 fully saturated rings. The summed E-state index contributed by atoms with van der Waals surface area (Å²) in [6.07, 6.45) is 7.27. The second-order valence-electron chi connectivity index (χ2n) is 14.1. The molecule has 4 N–H and O–H groups in total. The molecule has 49 heavy (non-hydrogen) atoms. The zero-order chi connectivity index (χ0) is 34.7. The van der Waals surface area contributed by atoms with Gasteiger partial charge in [-0.2, -0.15) is 0 Å². The number of benzene rings is 1. The number of carbonyl (C=O) groups is 4. The molecule has 4 amide bonds. The van der Waals surface area contributed by atoms with Crippen LogP contribution in [-0.4, -0.2) is 82.2 Å². The number of rotatable bonds is 4. The van der Waals surface area contributed by atoms with Crippen LogP contribution in [0.1, 0.15) is 75.5 Å². The van der Waals surface area contributed by atoms with Crippen molar-refractivity contribution >= 4 is 44.7 Å². The second-order valence-corrected chi connectivity index (χ2v) is 16.1. The summed E-state index contributed by atoms with van der Waals surface area (Å²) in [5.41, 5.74) is -1.13. The quantitative estimate of drug-likeness (QED) is 0.349. The fraction of sp³-hybridized carbons (Fsp3) is 0.559. The Morgan fingerprint density at radius 2 is 1.94 bits per heavy atom. The van der Waals surface area contributed by atoms with Crippen molar-refractivity contribution in [3.63, 3.8) is 0 Å². The van der Waals surface area contributed by atoms with Crippen molar-refractivity contribution in [3.05, 3.63) is 47.4 Å². The summed E-state index contributed by atoms with van der Waals surface area (Å²) in [7, 11) is -3.90. The summed E-state index contributed by atoms with van der Waals surface area (Å²) in [6, 6.07) is 2.45. The van der Waals surface area contributed by atoms with E-state index < -0.39 is 74.0 Å². The molecule has 3 aliphatic heterocycles. The van der Waals surface area contributed by atoms with Crippen LogP contribution in [0.4, 0.5) is 9.18 Å². The first kappa shape index (κ1) is 33.2. The molecule has 2 aromatic rings. The van der Waals surface area contributed by atoms with E-state index in [1.165, 1.54) is 11.0 Å². The molecule has 1 saturated heterocycles. The van der Waals surface area contributed by atoms with Gasteiger partial charge in [0.15, 0.2) is 0 Å². The van der Waals surface area contributed by atoms with Crippen LogP contribution < -0.4 is 20.1 Å². The molecular weight excluding hydrogens is 657 g/mol. The first-order valence-corrected chi connectivity index (χ1v) is 18.5. The van der Waals surface area contributed by atoms with Crippen LogP contribution in [0, 0.1) is 18.7 Å². The minimum absolute atomic E-state index is 0.0308. The number of carboxylic acid groups (broad SMARTS) is 1. The number of hydrogen-bond acceptors (Lipinski definition) is 8. The number of nitrogens with zero attached hydrogens (tertiary/aromatic N) is 2. The molecule has 13 nitrogen and oxygen atoms in total. The van der Waals surface area contributed by atoms with Crippen molar-refractivity contribution in [2.45, 2.75) is 106 Å². The third-order valence-corrected chi connectivity index (χ3v) is 12.4. The van der Waals surface area contributed by atoms with E-state index in [1.807, 2.05) is 12.2 Å². The van der Waals surface area contributed by atoms with Crippen LogP contribution in [0.5, 0.6) is 5.75 Å². The minimum atomic E-state index is -3.90. The van der Waals surface area contributed by atoms with Crippen molar-refractivity contribution < 1.29 is 41.8 Å². The summed E-state index contributed by atoms with van der Waals surface area (Å²) in [5.74, 6) is -2.50. The number of hydrogen-bond donors (Lipinski definition) is 4. The van der Waals surface area contributed by atoms with Gasteiger partial charge in [0.25, 0.3) is 5.91 Å². The highest BCUT2D eigenvalue weighted by atomic mass is 32.2. The van der Waals surface area contributed by atoms with Gasteiger partial charge in [0.2, 0.25) is 21.8 Å². The van der Waals surface area contributed by atoms with Gasteiger partial charge < -0.3 is 25.4 Å². The molecule has 4 heterocycles. The van der Waals surface area contributed by atoms with Crippen LogP contribution in [0.2, 0.25) is 0 Å². The Hall–Kier alpha value is -4.27. The molecule has 262 valence electrons. The van der Waals surface area contributed by atoms with Crippen LogP contribution in [0.15, 0.2) is 30.4 Å². The topological polar surface area (TPSA) is 184 Å². The fourth-order valence-electron chi connectivity index (χ4n) is 7.73. The third-order valence-electron chi connectivity index (χ3n) is 10.6. The van der Waals surface area contributed by atoms with Gasteiger partial charge in [0.1, 0.15) is 40.3 Å². The Bertz CT molecular complexity index is 1880. The number of nitrogens with one attached hydrogen (secondary N) is 3. The molecule has 5 atom stereocenters. The number of sulfonamides is 1. The maximum absolute atomic E-state index is 14.7. The minimum Gasteiger partial charge on any atom is -0.483 e. The maximum Gasteiger partial charge on any atom is 0.405 e. The number of para-hydroxylation sites is 1. The SMILES string of the molecule is Cc1nc2c(F)cccc2c2c1O[C@]1(CC2)C[C@H]2C(=O)N[C@]3(C(=O)NS(=O)(=O)C4CC4)C[C@H]3/C=C\CCCCC[C@H](NC(=O)O)C(=O)N2C1. The number of aromatic nitrogens is 1. The molecule has 1 spiro atoms. The zero-order valence-electron chi connectivity index (χ0n) is 27.2. The zero-order valence-corrected chi connectivity index (χ0v) is 28.0. The standard InChI is InChI=1S/C34H40FN5O8S/c1-19-28-23(22-9-7-10-24(35)27(22)36-19)14-15-33(48-28)17-26-29(41)38-34(31(43)39-49(46,47)21-12-13-21)16-20(34)8-5-3-2-4-6-11-25(37-32(44)45)30(42)40(26)18-33/h5,7-10,20-21,25-26,37H,2-4,6,11-18H2,1H3,(H,38,41)(H,39,43)(H,44,45)/b8-5-/t20-,25+,26+,33-,34-/m1/s1. The Morgan fingerprint density at radius 3 is 2.69 bits per heavy atom. The van der Waals surface area contributed by atoms with Crippen LogP contribution >= 0.6 is 0 Å². The number of carbonyl (C=O) groups excluding carboxylic acids is 3. The molecule has 2 saturated carbocycles. The number of halogens is 1. The molecule has 0 unspecified atom stereocenters. The van der Waals surface area contributed by atoms with Gasteiger partial charge in [-0.3, -0.25) is 19.1 Å². The highest BCUT2D eigenvalue weighted by Crippen LogP contribution is 2.48. The molecule has 0 bridgehead atoms. The van der Waals surface area contributed by atoms with E-state index in [-0.39, 0.29) is 31.3 Å². The predicted molar refractivity (Wildman–Crippen MR) is 174 cm³/mol. The summed E-state index contributed by atoms with van der Waals surface area (Å²) < 4.78 is 49.0. The highest BCUT2D eigenvalue weighted by Gasteiger charge is 2.63. The molecule has 1 aromatic heterocycles. The van der Waals surface area contributed by atoms with Gasteiger partial charge >= 0.3 is 6.09 Å². The smallest absolute Gasteiger partial charge is 0.405 e. The van der Waals surface area contributed by atoms with Gasteiger partial charge in [0.05, 0.1) is 17.5 Å². The molecule has 5 aliphatic rings. The number of pyridine rings is 1.